The molecule has 0 saturated carbocycles. The lowest BCUT2D eigenvalue weighted by Gasteiger charge is -2.31. The van der Waals surface area contributed by atoms with Gasteiger partial charge in [-0.1, -0.05) is 12.2 Å². The molecule has 3 heterocycles. The zero-order valence-corrected chi connectivity index (χ0v) is 9.84. The largest absolute Gasteiger partial charge is 0.328 e. The first-order valence-corrected chi connectivity index (χ1v) is 6.03. The zero-order valence-electron chi connectivity index (χ0n) is 9.84. The molecule has 0 N–H and O–H groups in total. The van der Waals surface area contributed by atoms with Crippen molar-refractivity contribution in [3.8, 4) is 0 Å². The molecule has 1 aromatic rings. The summed E-state index contributed by atoms with van der Waals surface area (Å²) in [4.78, 5) is 22.6. The van der Waals surface area contributed by atoms with E-state index in [1.807, 2.05) is 11.8 Å². The van der Waals surface area contributed by atoms with Crippen LogP contribution >= 0.6 is 0 Å². The highest BCUT2D eigenvalue weighted by Crippen LogP contribution is 2.32. The molecule has 0 aromatic carbocycles. The van der Waals surface area contributed by atoms with E-state index >= 15 is 0 Å². The molecule has 2 atom stereocenters. The number of aromatic nitrogens is 2. The van der Waals surface area contributed by atoms with Crippen molar-refractivity contribution in [2.24, 2.45) is 0 Å². The van der Waals surface area contributed by atoms with Crippen LogP contribution in [0.15, 0.2) is 24.5 Å². The third-order valence-electron chi connectivity index (χ3n) is 3.55. The van der Waals surface area contributed by atoms with E-state index in [1.165, 1.54) is 0 Å². The maximum atomic E-state index is 12.4. The van der Waals surface area contributed by atoms with Crippen LogP contribution in [0.2, 0.25) is 0 Å². The van der Waals surface area contributed by atoms with Gasteiger partial charge in [0, 0.05) is 12.2 Å². The normalized spacial score (nSPS) is 26.3. The molecule has 2 bridgehead atoms. The smallest absolute Gasteiger partial charge is 0.274 e. The molecule has 0 radical (unpaired) electrons. The molecule has 2 aliphatic rings. The Kier molecular flexibility index (Phi) is 2.42. The van der Waals surface area contributed by atoms with Crippen molar-refractivity contribution in [1.29, 1.82) is 0 Å². The number of carbonyl (C=O) groups is 1. The Bertz CT molecular complexity index is 466. The summed E-state index contributed by atoms with van der Waals surface area (Å²) in [7, 11) is 0. The van der Waals surface area contributed by atoms with Crippen LogP contribution < -0.4 is 0 Å². The highest BCUT2D eigenvalue weighted by atomic mass is 16.2. The second-order valence-corrected chi connectivity index (χ2v) is 4.72. The summed E-state index contributed by atoms with van der Waals surface area (Å²) in [5.74, 6) is 0.0225. The number of rotatable bonds is 1. The lowest BCUT2D eigenvalue weighted by atomic mass is 10.1. The molecule has 4 nitrogen and oxygen atoms in total. The molecule has 17 heavy (non-hydrogen) atoms. The predicted molar refractivity (Wildman–Crippen MR) is 63.5 cm³/mol. The minimum absolute atomic E-state index is 0.0225. The first-order chi connectivity index (χ1) is 8.25. The molecule has 0 spiro atoms. The monoisotopic (exact) mass is 229 g/mol. The number of carbonyl (C=O) groups excluding carboxylic acids is 1. The van der Waals surface area contributed by atoms with Gasteiger partial charge < -0.3 is 4.90 Å². The van der Waals surface area contributed by atoms with Crippen molar-refractivity contribution >= 4 is 5.91 Å². The van der Waals surface area contributed by atoms with Gasteiger partial charge in [0.2, 0.25) is 0 Å². The third kappa shape index (κ3) is 1.73. The van der Waals surface area contributed by atoms with E-state index in [1.54, 1.807) is 12.4 Å². The van der Waals surface area contributed by atoms with E-state index in [0.29, 0.717) is 11.7 Å². The molecule has 1 aromatic heterocycles. The minimum atomic E-state index is 0.0225. The fraction of sp³-hybridized carbons (Fsp3) is 0.462. The number of hydrogen-bond acceptors (Lipinski definition) is 3. The van der Waals surface area contributed by atoms with Gasteiger partial charge in [0.25, 0.3) is 5.91 Å². The molecule has 3 rings (SSSR count). The molecule has 0 aliphatic carbocycles. The highest BCUT2D eigenvalue weighted by Gasteiger charge is 2.37. The summed E-state index contributed by atoms with van der Waals surface area (Å²) in [6, 6.07) is 0.630. The highest BCUT2D eigenvalue weighted by molar-refractivity contribution is 5.93. The Balaban J connectivity index is 1.87. The van der Waals surface area contributed by atoms with Crippen molar-refractivity contribution in [3.63, 3.8) is 0 Å². The lowest BCUT2D eigenvalue weighted by molar-refractivity contribution is 0.0682. The molecule has 2 aliphatic heterocycles. The lowest BCUT2D eigenvalue weighted by Crippen LogP contribution is -2.42. The van der Waals surface area contributed by atoms with E-state index < -0.39 is 0 Å². The van der Waals surface area contributed by atoms with Gasteiger partial charge in [-0.2, -0.15) is 0 Å². The van der Waals surface area contributed by atoms with Gasteiger partial charge in [-0.3, -0.25) is 9.78 Å². The van der Waals surface area contributed by atoms with Crippen molar-refractivity contribution in [2.45, 2.75) is 38.3 Å². The maximum absolute atomic E-state index is 12.4. The molecule has 88 valence electrons. The van der Waals surface area contributed by atoms with Gasteiger partial charge in [0.1, 0.15) is 5.69 Å². The first-order valence-electron chi connectivity index (χ1n) is 6.03. The van der Waals surface area contributed by atoms with Crippen LogP contribution in [0.4, 0.5) is 0 Å². The number of amides is 1. The van der Waals surface area contributed by atoms with E-state index in [4.69, 9.17) is 0 Å². The number of aryl methyl sites for hydroxylation is 1. The van der Waals surface area contributed by atoms with Crippen molar-refractivity contribution in [1.82, 2.24) is 14.9 Å². The summed E-state index contributed by atoms with van der Waals surface area (Å²) >= 11 is 0. The average molecular weight is 229 g/mol. The molecule has 1 saturated heterocycles. The molecule has 4 heteroatoms. The summed E-state index contributed by atoms with van der Waals surface area (Å²) < 4.78 is 0. The second-order valence-electron chi connectivity index (χ2n) is 4.72. The van der Waals surface area contributed by atoms with Crippen LogP contribution in [-0.4, -0.2) is 32.9 Å². The van der Waals surface area contributed by atoms with Crippen molar-refractivity contribution < 1.29 is 4.79 Å². The fourth-order valence-electron chi connectivity index (χ4n) is 2.68. The summed E-state index contributed by atoms with van der Waals surface area (Å²) in [5.41, 5.74) is 1.30. The Morgan fingerprint density at radius 3 is 2.94 bits per heavy atom. The van der Waals surface area contributed by atoms with E-state index in [2.05, 4.69) is 22.1 Å². The van der Waals surface area contributed by atoms with Gasteiger partial charge in [-0.25, -0.2) is 4.98 Å². The molecule has 1 fully saturated rings. The average Bonchev–Trinajstić information content (AvgIpc) is 2.59. The van der Waals surface area contributed by atoms with Gasteiger partial charge >= 0.3 is 0 Å². The van der Waals surface area contributed by atoms with E-state index in [0.717, 1.165) is 25.0 Å². The summed E-state index contributed by atoms with van der Waals surface area (Å²) in [6.07, 6.45) is 10.7. The van der Waals surface area contributed by atoms with Crippen LogP contribution in [0.3, 0.4) is 0 Å². The van der Waals surface area contributed by atoms with E-state index in [9.17, 15) is 4.79 Å². The molecule has 2 unspecified atom stereocenters. The van der Waals surface area contributed by atoms with Gasteiger partial charge in [-0.15, -0.1) is 0 Å². The van der Waals surface area contributed by atoms with Crippen LogP contribution in [0.5, 0.6) is 0 Å². The molecule has 1 amide bonds. The van der Waals surface area contributed by atoms with Crippen LogP contribution in [0.25, 0.3) is 0 Å². The molecular weight excluding hydrogens is 214 g/mol. The van der Waals surface area contributed by atoms with Crippen LogP contribution in [0, 0.1) is 6.92 Å². The minimum Gasteiger partial charge on any atom is -0.328 e. The van der Waals surface area contributed by atoms with Crippen molar-refractivity contribution in [2.75, 3.05) is 0 Å². The Morgan fingerprint density at radius 1 is 1.35 bits per heavy atom. The number of nitrogens with zero attached hydrogens (tertiary/aromatic N) is 3. The van der Waals surface area contributed by atoms with Gasteiger partial charge in [0.05, 0.1) is 17.9 Å². The number of fused-ring (bicyclic) bond motifs is 2. The Hall–Kier alpha value is -1.71. The third-order valence-corrected chi connectivity index (χ3v) is 3.55. The topological polar surface area (TPSA) is 46.1 Å². The zero-order chi connectivity index (χ0) is 11.8. The van der Waals surface area contributed by atoms with Crippen LogP contribution in [0.1, 0.15) is 35.4 Å². The Morgan fingerprint density at radius 2 is 2.24 bits per heavy atom. The second kappa shape index (κ2) is 3.95. The molecular formula is C13H15N3O. The first kappa shape index (κ1) is 10.4. The fourth-order valence-corrected chi connectivity index (χ4v) is 2.68. The SMILES string of the molecule is Cc1cnc(C(=O)N2C3C=CCC2CC3)cn1. The summed E-state index contributed by atoms with van der Waals surface area (Å²) in [6.45, 7) is 1.87. The maximum Gasteiger partial charge on any atom is 0.274 e. The van der Waals surface area contributed by atoms with Crippen molar-refractivity contribution in [3.05, 3.63) is 35.9 Å². The number of hydrogen-bond donors (Lipinski definition) is 0. The predicted octanol–water partition coefficient (Wildman–Crippen LogP) is 1.72. The van der Waals surface area contributed by atoms with Crippen LogP contribution in [-0.2, 0) is 0 Å². The van der Waals surface area contributed by atoms with E-state index in [-0.39, 0.29) is 11.9 Å². The van der Waals surface area contributed by atoms with Gasteiger partial charge in [0.15, 0.2) is 0 Å². The summed E-state index contributed by atoms with van der Waals surface area (Å²) in [5, 5.41) is 0. The Labute approximate surface area is 100 Å². The quantitative estimate of drug-likeness (QED) is 0.689. The standard InChI is InChI=1S/C13H15N3O/c1-9-7-15-12(8-14-9)13(17)16-10-3-2-4-11(16)6-5-10/h2-3,7-8,10-11H,4-6H2,1H3. The van der Waals surface area contributed by atoms with Gasteiger partial charge in [-0.05, 0) is 26.2 Å².